The molecule has 0 amide bonds. The Balaban J connectivity index is 2.18. The number of carbonyl (C=O) groups excluding carboxylic acids is 1. The molecule has 0 aliphatic carbocycles. The highest BCUT2D eigenvalue weighted by Crippen LogP contribution is 2.27. The van der Waals surface area contributed by atoms with Crippen molar-refractivity contribution in [2.45, 2.75) is 24.4 Å². The van der Waals surface area contributed by atoms with Crippen LogP contribution < -0.4 is 0 Å². The molecule has 62 valence electrons. The number of esters is 1. The molecule has 0 unspecified atom stereocenters. The Morgan fingerprint density at radius 3 is 2.73 bits per heavy atom. The lowest BCUT2D eigenvalue weighted by Crippen LogP contribution is -2.31. The lowest BCUT2D eigenvalue weighted by Gasteiger charge is -2.07. The summed E-state index contributed by atoms with van der Waals surface area (Å²) >= 11 is 0. The van der Waals surface area contributed by atoms with E-state index in [1.165, 1.54) is 0 Å². The van der Waals surface area contributed by atoms with Gasteiger partial charge < -0.3 is 19.7 Å². The van der Waals surface area contributed by atoms with Crippen LogP contribution in [0.2, 0.25) is 0 Å². The Hall–Kier alpha value is -0.650. The van der Waals surface area contributed by atoms with Gasteiger partial charge in [-0.3, -0.25) is 0 Å². The lowest BCUT2D eigenvalue weighted by atomic mass is 10.1. The maximum Gasteiger partial charge on any atom is 0.338 e. The number of aliphatic hydroxyl groups is 2. The van der Waals surface area contributed by atoms with Crippen LogP contribution in [0.15, 0.2) is 0 Å². The van der Waals surface area contributed by atoms with Crippen LogP contribution in [0.5, 0.6) is 0 Å². The van der Waals surface area contributed by atoms with Crippen molar-refractivity contribution in [3.8, 4) is 0 Å². The van der Waals surface area contributed by atoms with Crippen molar-refractivity contribution in [2.75, 3.05) is 6.61 Å². The molecule has 0 bridgehead atoms. The monoisotopic (exact) mass is 160 g/mol. The minimum Gasteiger partial charge on any atom is -0.455 e. The van der Waals surface area contributed by atoms with E-state index in [1.807, 2.05) is 0 Å². The van der Waals surface area contributed by atoms with Crippen molar-refractivity contribution in [3.63, 3.8) is 0 Å². The topological polar surface area (TPSA) is 76.0 Å². The van der Waals surface area contributed by atoms with Gasteiger partial charge in [0, 0.05) is 0 Å². The van der Waals surface area contributed by atoms with E-state index in [-0.39, 0.29) is 6.61 Å². The normalized spacial score (nSPS) is 49.1. The highest BCUT2D eigenvalue weighted by atomic mass is 16.6. The predicted octanol–water partition coefficient (Wildman–Crippen LogP) is -1.97. The molecule has 11 heavy (non-hydrogen) atoms. The molecule has 5 nitrogen and oxygen atoms in total. The second-order valence-corrected chi connectivity index (χ2v) is 2.71. The standard InChI is InChI=1S/C6H8O5/c7-2-1-10-5-3(8)6(9)11-4(2)5/h2-5,7-8H,1H2/t2-,3+,4+,5+/m1/s1. The van der Waals surface area contributed by atoms with Crippen LogP contribution in [0, 0.1) is 0 Å². The first-order chi connectivity index (χ1) is 5.20. The number of hydrogen-bond donors (Lipinski definition) is 2. The number of rotatable bonds is 0. The van der Waals surface area contributed by atoms with Gasteiger partial charge in [-0.15, -0.1) is 0 Å². The molecule has 0 aromatic rings. The fourth-order valence-corrected chi connectivity index (χ4v) is 1.37. The summed E-state index contributed by atoms with van der Waals surface area (Å²) in [7, 11) is 0. The van der Waals surface area contributed by atoms with Crippen LogP contribution in [0.3, 0.4) is 0 Å². The van der Waals surface area contributed by atoms with Gasteiger partial charge in [0.05, 0.1) is 6.61 Å². The number of hydrogen-bond acceptors (Lipinski definition) is 5. The van der Waals surface area contributed by atoms with Gasteiger partial charge in [-0.1, -0.05) is 0 Å². The first kappa shape index (κ1) is 7.02. The van der Waals surface area contributed by atoms with E-state index in [2.05, 4.69) is 4.74 Å². The summed E-state index contributed by atoms with van der Waals surface area (Å²) in [4.78, 5) is 10.7. The van der Waals surface area contributed by atoms with Crippen LogP contribution in [0.1, 0.15) is 0 Å². The minimum absolute atomic E-state index is 0.125. The number of aliphatic hydroxyl groups excluding tert-OH is 2. The zero-order chi connectivity index (χ0) is 8.01. The van der Waals surface area contributed by atoms with E-state index in [0.717, 1.165) is 0 Å². The Labute approximate surface area is 62.5 Å². The van der Waals surface area contributed by atoms with Crippen molar-refractivity contribution in [2.24, 2.45) is 0 Å². The molecule has 2 saturated heterocycles. The fourth-order valence-electron chi connectivity index (χ4n) is 1.37. The summed E-state index contributed by atoms with van der Waals surface area (Å²) < 4.78 is 9.57. The smallest absolute Gasteiger partial charge is 0.338 e. The average Bonchev–Trinajstić information content (AvgIpc) is 2.43. The molecule has 0 aromatic heterocycles. The maximum absolute atomic E-state index is 10.7. The zero-order valence-electron chi connectivity index (χ0n) is 5.64. The third-order valence-electron chi connectivity index (χ3n) is 1.97. The zero-order valence-corrected chi connectivity index (χ0v) is 5.64. The van der Waals surface area contributed by atoms with Gasteiger partial charge in [-0.25, -0.2) is 4.79 Å². The molecule has 2 N–H and O–H groups in total. The first-order valence-electron chi connectivity index (χ1n) is 3.38. The van der Waals surface area contributed by atoms with Crippen LogP contribution in [-0.4, -0.2) is 47.2 Å². The number of fused-ring (bicyclic) bond motifs is 1. The van der Waals surface area contributed by atoms with E-state index in [0.29, 0.717) is 0 Å². The second-order valence-electron chi connectivity index (χ2n) is 2.71. The highest BCUT2D eigenvalue weighted by Gasteiger charge is 2.52. The van der Waals surface area contributed by atoms with Crippen molar-refractivity contribution in [1.82, 2.24) is 0 Å². The van der Waals surface area contributed by atoms with Crippen LogP contribution >= 0.6 is 0 Å². The van der Waals surface area contributed by atoms with E-state index < -0.39 is 30.4 Å². The van der Waals surface area contributed by atoms with E-state index in [1.54, 1.807) is 0 Å². The Bertz CT molecular complexity index is 191. The largest absolute Gasteiger partial charge is 0.455 e. The first-order valence-corrected chi connectivity index (χ1v) is 3.38. The summed E-state index contributed by atoms with van der Waals surface area (Å²) in [5.41, 5.74) is 0. The van der Waals surface area contributed by atoms with Crippen molar-refractivity contribution >= 4 is 5.97 Å². The molecule has 4 atom stereocenters. The average molecular weight is 160 g/mol. The van der Waals surface area contributed by atoms with Gasteiger partial charge in [0.25, 0.3) is 0 Å². The minimum atomic E-state index is -1.22. The van der Waals surface area contributed by atoms with Gasteiger partial charge in [0.15, 0.2) is 12.2 Å². The number of ether oxygens (including phenoxy) is 2. The van der Waals surface area contributed by atoms with Crippen LogP contribution in [-0.2, 0) is 14.3 Å². The van der Waals surface area contributed by atoms with Crippen LogP contribution in [0.25, 0.3) is 0 Å². The molecule has 0 saturated carbocycles. The fraction of sp³-hybridized carbons (Fsp3) is 0.833. The maximum atomic E-state index is 10.7. The molecule has 2 rings (SSSR count). The number of carbonyl (C=O) groups is 1. The summed E-state index contributed by atoms with van der Waals surface area (Å²) in [6.45, 7) is 0.125. The molecule has 2 heterocycles. The van der Waals surface area contributed by atoms with Crippen molar-refractivity contribution < 1.29 is 24.5 Å². The highest BCUT2D eigenvalue weighted by molar-refractivity contribution is 5.78. The van der Waals surface area contributed by atoms with Gasteiger partial charge in [-0.05, 0) is 0 Å². The molecule has 2 aliphatic rings. The lowest BCUT2D eigenvalue weighted by molar-refractivity contribution is -0.151. The molecule has 0 spiro atoms. The van der Waals surface area contributed by atoms with Crippen molar-refractivity contribution in [1.29, 1.82) is 0 Å². The summed E-state index contributed by atoms with van der Waals surface area (Å²) in [5, 5.41) is 18.2. The molecule has 5 heteroatoms. The van der Waals surface area contributed by atoms with Gasteiger partial charge in [0.1, 0.15) is 12.2 Å². The Morgan fingerprint density at radius 2 is 2.09 bits per heavy atom. The van der Waals surface area contributed by atoms with E-state index in [9.17, 15) is 4.79 Å². The third kappa shape index (κ3) is 0.852. The van der Waals surface area contributed by atoms with Crippen LogP contribution in [0.4, 0.5) is 0 Å². The summed E-state index contributed by atoms with van der Waals surface area (Å²) in [6.07, 6.45) is -3.35. The molecule has 0 radical (unpaired) electrons. The van der Waals surface area contributed by atoms with Gasteiger partial charge >= 0.3 is 5.97 Å². The molecule has 0 aromatic carbocycles. The van der Waals surface area contributed by atoms with E-state index >= 15 is 0 Å². The Kier molecular flexibility index (Phi) is 1.38. The predicted molar refractivity (Wildman–Crippen MR) is 31.6 cm³/mol. The molecular formula is C6H8O5. The molecule has 2 aliphatic heterocycles. The summed E-state index contributed by atoms with van der Waals surface area (Å²) in [6, 6.07) is 0. The van der Waals surface area contributed by atoms with Crippen molar-refractivity contribution in [3.05, 3.63) is 0 Å². The SMILES string of the molecule is O=C1O[C@@H]2[C@@H](OC[C@H]2O)[C@@H]1O. The Morgan fingerprint density at radius 1 is 1.36 bits per heavy atom. The third-order valence-corrected chi connectivity index (χ3v) is 1.97. The quantitative estimate of drug-likeness (QED) is 0.402. The molecular weight excluding hydrogens is 152 g/mol. The summed E-state index contributed by atoms with van der Waals surface area (Å²) in [5.74, 6) is -0.709. The van der Waals surface area contributed by atoms with Gasteiger partial charge in [-0.2, -0.15) is 0 Å². The molecule has 2 fully saturated rings. The van der Waals surface area contributed by atoms with E-state index in [4.69, 9.17) is 14.9 Å². The van der Waals surface area contributed by atoms with Gasteiger partial charge in [0.2, 0.25) is 0 Å². The second kappa shape index (κ2) is 2.17.